The van der Waals surface area contributed by atoms with Gasteiger partial charge in [0.1, 0.15) is 14.8 Å². The molecule has 0 aliphatic carbocycles. The minimum absolute atomic E-state index is 0.143. The van der Waals surface area contributed by atoms with Crippen LogP contribution in [0.4, 0.5) is 0 Å². The summed E-state index contributed by atoms with van der Waals surface area (Å²) < 4.78 is 10.7. The molecule has 0 amide bonds. The normalized spacial score (nSPS) is 16.6. The van der Waals surface area contributed by atoms with Crippen LogP contribution in [0.5, 0.6) is 0 Å². The van der Waals surface area contributed by atoms with Crippen LogP contribution < -0.4 is 11.1 Å². The van der Waals surface area contributed by atoms with E-state index in [1.807, 2.05) is 0 Å². The van der Waals surface area contributed by atoms with Crippen LogP contribution in [-0.2, 0) is 9.47 Å². The lowest BCUT2D eigenvalue weighted by Crippen LogP contribution is -2.20. The highest BCUT2D eigenvalue weighted by Crippen LogP contribution is 2.33. The van der Waals surface area contributed by atoms with Crippen molar-refractivity contribution < 1.29 is 9.47 Å². The Morgan fingerprint density at radius 2 is 1.31 bits per heavy atom. The Labute approximate surface area is 245 Å². The second-order valence-corrected chi connectivity index (χ2v) is 11.7. The van der Waals surface area contributed by atoms with Crippen molar-refractivity contribution >= 4 is 57.5 Å². The van der Waals surface area contributed by atoms with E-state index < -0.39 is 0 Å². The van der Waals surface area contributed by atoms with Gasteiger partial charge in [0.2, 0.25) is 0 Å². The summed E-state index contributed by atoms with van der Waals surface area (Å²) in [6, 6.07) is 1.56. The minimum Gasteiger partial charge on any atom is -0.381 e. The van der Waals surface area contributed by atoms with Gasteiger partial charge in [0.15, 0.2) is 22.0 Å². The molecule has 0 saturated carbocycles. The first-order valence-electron chi connectivity index (χ1n) is 12.2. The topological polar surface area (TPSA) is 136 Å². The number of hydrogen-bond acceptors (Lipinski definition) is 10. The van der Waals surface area contributed by atoms with Crippen LogP contribution >= 0.6 is 57.5 Å². The second-order valence-electron chi connectivity index (χ2n) is 8.85. The molecule has 4 aromatic heterocycles. The summed E-state index contributed by atoms with van der Waals surface area (Å²) in [5.41, 5.74) is 4.18. The third kappa shape index (κ3) is 6.76. The number of aromatic amines is 2. The van der Waals surface area contributed by atoms with Crippen LogP contribution in [0.15, 0.2) is 26.7 Å². The van der Waals surface area contributed by atoms with Gasteiger partial charge in [0, 0.05) is 44.3 Å². The average molecular weight is 630 g/mol. The molecule has 2 N–H and O–H groups in total. The molecule has 4 aromatic rings. The molecular formula is C24H23Cl3N6O4S2. The van der Waals surface area contributed by atoms with Gasteiger partial charge in [-0.05, 0) is 25.7 Å². The second kappa shape index (κ2) is 13.0. The Morgan fingerprint density at radius 3 is 1.85 bits per heavy atom. The number of nitrogens with zero attached hydrogens (tertiary/aromatic N) is 4. The molecule has 39 heavy (non-hydrogen) atoms. The highest BCUT2D eigenvalue weighted by molar-refractivity contribution is 7.14. The Balaban J connectivity index is 0.000000158. The van der Waals surface area contributed by atoms with Gasteiger partial charge in [-0.1, -0.05) is 34.8 Å². The zero-order valence-electron chi connectivity index (χ0n) is 20.4. The maximum absolute atomic E-state index is 12.0. The highest BCUT2D eigenvalue weighted by Gasteiger charge is 2.24. The monoisotopic (exact) mass is 628 g/mol. The minimum atomic E-state index is -0.345. The molecule has 0 atom stereocenters. The third-order valence-corrected chi connectivity index (χ3v) is 9.20. The van der Waals surface area contributed by atoms with E-state index in [0.29, 0.717) is 50.6 Å². The standard InChI is InChI=1S/C12H11Cl2N3O2S.C12H12ClN3O2S/c13-7-8(6-1-3-19-4-2-6)16-11(17-12(7)18)9-10(14)15-5-20-9;13-11-10(19-6-14-11)12-15-8(5-9(17)16-12)7-1-3-18-4-2-7/h5-6H,1-4H2,(H,16,17,18);5-7H,1-4H2,(H,15,16,17). The molecule has 0 bridgehead atoms. The predicted octanol–water partition coefficient (Wildman–Crippen LogP) is 5.54. The molecule has 15 heteroatoms. The number of rotatable bonds is 4. The van der Waals surface area contributed by atoms with Crippen LogP contribution in [0.2, 0.25) is 15.3 Å². The van der Waals surface area contributed by atoms with E-state index in [0.717, 1.165) is 44.6 Å². The molecule has 6 heterocycles. The van der Waals surface area contributed by atoms with E-state index in [-0.39, 0.29) is 28.0 Å². The van der Waals surface area contributed by atoms with Crippen LogP contribution in [0.3, 0.4) is 0 Å². The first kappa shape index (κ1) is 28.3. The fraction of sp³-hybridized carbons (Fsp3) is 0.417. The van der Waals surface area contributed by atoms with Gasteiger partial charge in [-0.25, -0.2) is 19.9 Å². The van der Waals surface area contributed by atoms with E-state index in [1.54, 1.807) is 17.1 Å². The zero-order chi connectivity index (χ0) is 27.4. The summed E-state index contributed by atoms with van der Waals surface area (Å²) in [4.78, 5) is 47.4. The lowest BCUT2D eigenvalue weighted by Gasteiger charge is -2.22. The van der Waals surface area contributed by atoms with Crippen LogP contribution in [0.1, 0.15) is 48.9 Å². The molecule has 0 unspecified atom stereocenters. The summed E-state index contributed by atoms with van der Waals surface area (Å²) >= 11 is 20.8. The molecule has 2 aliphatic rings. The van der Waals surface area contributed by atoms with Crippen LogP contribution in [0.25, 0.3) is 21.4 Å². The summed E-state index contributed by atoms with van der Waals surface area (Å²) in [5.74, 6) is 1.35. The fourth-order valence-electron chi connectivity index (χ4n) is 4.38. The van der Waals surface area contributed by atoms with Crippen molar-refractivity contribution in [3.05, 3.63) is 64.5 Å². The molecule has 0 aromatic carbocycles. The van der Waals surface area contributed by atoms with Crippen molar-refractivity contribution in [1.82, 2.24) is 29.9 Å². The van der Waals surface area contributed by atoms with E-state index in [2.05, 4.69) is 29.9 Å². The van der Waals surface area contributed by atoms with Crippen molar-refractivity contribution in [3.63, 3.8) is 0 Å². The molecular weight excluding hydrogens is 607 g/mol. The Morgan fingerprint density at radius 1 is 0.769 bits per heavy atom. The quantitative estimate of drug-likeness (QED) is 0.301. The number of ether oxygens (including phenoxy) is 2. The van der Waals surface area contributed by atoms with Gasteiger partial charge in [0.05, 0.1) is 22.4 Å². The number of aromatic nitrogens is 6. The Kier molecular flexibility index (Phi) is 9.44. The van der Waals surface area contributed by atoms with Crippen LogP contribution in [-0.4, -0.2) is 56.3 Å². The molecule has 206 valence electrons. The molecule has 2 aliphatic heterocycles. The molecule has 0 radical (unpaired) electrons. The van der Waals surface area contributed by atoms with Crippen molar-refractivity contribution in [1.29, 1.82) is 0 Å². The number of H-pyrrole nitrogens is 2. The van der Waals surface area contributed by atoms with Crippen molar-refractivity contribution in [2.45, 2.75) is 37.5 Å². The van der Waals surface area contributed by atoms with Crippen molar-refractivity contribution in [2.75, 3.05) is 26.4 Å². The summed E-state index contributed by atoms with van der Waals surface area (Å²) in [7, 11) is 0. The number of thiazole rings is 2. The van der Waals surface area contributed by atoms with E-state index in [1.165, 1.54) is 22.7 Å². The average Bonchev–Trinajstić information content (AvgIpc) is 3.59. The lowest BCUT2D eigenvalue weighted by atomic mass is 9.96. The molecule has 6 rings (SSSR count). The Bertz CT molecular complexity index is 1540. The molecule has 10 nitrogen and oxygen atoms in total. The molecule has 0 spiro atoms. The summed E-state index contributed by atoms with van der Waals surface area (Å²) in [5, 5.41) is 0.858. The van der Waals surface area contributed by atoms with Gasteiger partial charge >= 0.3 is 0 Å². The van der Waals surface area contributed by atoms with Crippen LogP contribution in [0, 0.1) is 0 Å². The van der Waals surface area contributed by atoms with Gasteiger partial charge in [-0.15, -0.1) is 22.7 Å². The van der Waals surface area contributed by atoms with E-state index >= 15 is 0 Å². The SMILES string of the molecule is O=c1[nH]c(-c2scnc2Cl)nc(C2CCOCC2)c1Cl.O=c1cc(C2CCOCC2)nc(-c2scnc2Cl)[nH]1. The number of hydrogen-bond donors (Lipinski definition) is 2. The van der Waals surface area contributed by atoms with Gasteiger partial charge < -0.3 is 19.4 Å². The molecule has 2 saturated heterocycles. The smallest absolute Gasteiger partial charge is 0.270 e. The van der Waals surface area contributed by atoms with Crippen molar-refractivity contribution in [2.24, 2.45) is 0 Å². The van der Waals surface area contributed by atoms with Gasteiger partial charge in [-0.2, -0.15) is 0 Å². The summed E-state index contributed by atoms with van der Waals surface area (Å²) in [6.45, 7) is 2.75. The van der Waals surface area contributed by atoms with Crippen molar-refractivity contribution in [3.8, 4) is 21.4 Å². The first-order valence-corrected chi connectivity index (χ1v) is 15.0. The maximum atomic E-state index is 12.0. The Hall–Kier alpha value is -2.19. The fourth-order valence-corrected chi connectivity index (χ4v) is 6.53. The van der Waals surface area contributed by atoms with E-state index in [9.17, 15) is 9.59 Å². The number of nitrogens with one attached hydrogen (secondary N) is 2. The third-order valence-electron chi connectivity index (χ3n) is 6.38. The lowest BCUT2D eigenvalue weighted by molar-refractivity contribution is 0.0844. The molecule has 2 fully saturated rings. The number of halogens is 3. The maximum Gasteiger partial charge on any atom is 0.270 e. The van der Waals surface area contributed by atoms with Gasteiger partial charge in [-0.3, -0.25) is 9.59 Å². The first-order chi connectivity index (χ1) is 18.9. The zero-order valence-corrected chi connectivity index (χ0v) is 24.3. The highest BCUT2D eigenvalue weighted by atomic mass is 35.5. The van der Waals surface area contributed by atoms with E-state index in [4.69, 9.17) is 44.3 Å². The largest absolute Gasteiger partial charge is 0.381 e. The predicted molar refractivity (Wildman–Crippen MR) is 153 cm³/mol. The van der Waals surface area contributed by atoms with Gasteiger partial charge in [0.25, 0.3) is 11.1 Å². The summed E-state index contributed by atoms with van der Waals surface area (Å²) in [6.07, 6.45) is 3.41.